The van der Waals surface area contributed by atoms with E-state index in [9.17, 15) is 24.0 Å². The number of hydrogen-bond acceptors (Lipinski definition) is 6. The number of methoxy groups -OCH3 is 1. The molecule has 172 valence electrons. The molecule has 0 saturated carbocycles. The van der Waals surface area contributed by atoms with Crippen molar-refractivity contribution < 1.29 is 28.7 Å². The average Bonchev–Trinajstić information content (AvgIpc) is 3.01. The molecule has 0 radical (unpaired) electrons. The maximum Gasteiger partial charge on any atom is 0.334 e. The number of ether oxygens (including phenoxy) is 1. The van der Waals surface area contributed by atoms with Crippen molar-refractivity contribution in [2.45, 2.75) is 19.8 Å². The number of urea groups is 1. The van der Waals surface area contributed by atoms with Crippen molar-refractivity contribution in [1.82, 2.24) is 9.80 Å². The smallest absolute Gasteiger partial charge is 0.334 e. The van der Waals surface area contributed by atoms with E-state index >= 15 is 0 Å². The van der Waals surface area contributed by atoms with Crippen LogP contribution in [0.3, 0.4) is 0 Å². The van der Waals surface area contributed by atoms with E-state index in [-0.39, 0.29) is 12.5 Å². The van der Waals surface area contributed by atoms with Crippen LogP contribution in [-0.2, 0) is 14.4 Å². The lowest BCUT2D eigenvalue weighted by Gasteiger charge is -2.15. The summed E-state index contributed by atoms with van der Waals surface area (Å²) < 4.78 is 5.21. The molecule has 0 aliphatic carbocycles. The van der Waals surface area contributed by atoms with E-state index in [0.29, 0.717) is 34.0 Å². The number of amides is 6. The monoisotopic (exact) mass is 452 g/mol. The van der Waals surface area contributed by atoms with Gasteiger partial charge in [0.05, 0.1) is 12.8 Å². The third-order valence-electron chi connectivity index (χ3n) is 4.96. The number of para-hydroxylation sites is 2. The lowest BCUT2D eigenvalue weighted by atomic mass is 10.2. The number of benzene rings is 2. The Bertz CT molecular complexity index is 1080. The molecule has 10 nitrogen and oxygen atoms in total. The highest BCUT2D eigenvalue weighted by atomic mass is 16.5. The first-order valence-electron chi connectivity index (χ1n) is 10.4. The van der Waals surface area contributed by atoms with Crippen LogP contribution in [0.1, 0.15) is 30.1 Å². The first kappa shape index (κ1) is 23.5. The number of imide groups is 2. The molecule has 0 bridgehead atoms. The molecule has 0 aromatic heterocycles. The first-order chi connectivity index (χ1) is 15.8. The van der Waals surface area contributed by atoms with Crippen LogP contribution in [0.2, 0.25) is 0 Å². The third-order valence-corrected chi connectivity index (χ3v) is 4.96. The predicted molar refractivity (Wildman–Crippen MR) is 120 cm³/mol. The van der Waals surface area contributed by atoms with Crippen LogP contribution in [-0.4, -0.2) is 59.7 Å². The molecule has 3 rings (SSSR count). The minimum Gasteiger partial charge on any atom is -0.495 e. The summed E-state index contributed by atoms with van der Waals surface area (Å²) in [6, 6.07) is 12.3. The molecule has 2 N–H and O–H groups in total. The Kier molecular flexibility index (Phi) is 7.39. The molecule has 1 saturated heterocycles. The number of carbonyl (C=O) groups excluding carboxylic acids is 5. The Balaban J connectivity index is 1.59. The first-order valence-corrected chi connectivity index (χ1v) is 10.4. The van der Waals surface area contributed by atoms with Crippen LogP contribution >= 0.6 is 0 Å². The summed E-state index contributed by atoms with van der Waals surface area (Å²) in [5.41, 5.74) is 1.23. The molecule has 1 aliphatic heterocycles. The molecule has 10 heteroatoms. The molecule has 33 heavy (non-hydrogen) atoms. The predicted octanol–water partition coefficient (Wildman–Crippen LogP) is 2.48. The highest BCUT2D eigenvalue weighted by Gasteiger charge is 2.44. The number of unbranched alkanes of at least 4 members (excludes halogenated alkanes) is 1. The number of nitrogens with zero attached hydrogens (tertiary/aromatic N) is 2. The molecule has 2 aromatic rings. The Labute approximate surface area is 190 Å². The van der Waals surface area contributed by atoms with Crippen LogP contribution in [0.25, 0.3) is 0 Å². The molecular weight excluding hydrogens is 428 g/mol. The molecule has 0 unspecified atom stereocenters. The SMILES string of the molecule is CCCCN1C(=O)C(=O)N(CC(=O)Nc2ccc(C(=O)Nc3ccccc3OC)cc2)C1=O. The average molecular weight is 452 g/mol. The molecule has 6 amide bonds. The second-order valence-electron chi connectivity index (χ2n) is 7.26. The summed E-state index contributed by atoms with van der Waals surface area (Å²) in [6.45, 7) is 1.45. The zero-order valence-corrected chi connectivity index (χ0v) is 18.3. The normalized spacial score (nSPS) is 13.3. The highest BCUT2D eigenvalue weighted by molar-refractivity contribution is 6.45. The largest absolute Gasteiger partial charge is 0.495 e. The zero-order valence-electron chi connectivity index (χ0n) is 18.3. The van der Waals surface area contributed by atoms with Crippen LogP contribution < -0.4 is 15.4 Å². The molecule has 2 aromatic carbocycles. The van der Waals surface area contributed by atoms with Crippen LogP contribution in [0.5, 0.6) is 5.75 Å². The van der Waals surface area contributed by atoms with Gasteiger partial charge in [-0.05, 0) is 42.8 Å². The Hall–Kier alpha value is -4.21. The lowest BCUT2D eigenvalue weighted by molar-refractivity contribution is -0.143. The van der Waals surface area contributed by atoms with Gasteiger partial charge in [-0.15, -0.1) is 0 Å². The van der Waals surface area contributed by atoms with Gasteiger partial charge in [-0.1, -0.05) is 25.5 Å². The number of carbonyl (C=O) groups is 5. The number of rotatable bonds is 9. The van der Waals surface area contributed by atoms with E-state index in [0.717, 1.165) is 11.3 Å². The molecule has 1 fully saturated rings. The van der Waals surface area contributed by atoms with Crippen molar-refractivity contribution in [2.75, 3.05) is 30.8 Å². The summed E-state index contributed by atoms with van der Waals surface area (Å²) >= 11 is 0. The second-order valence-corrected chi connectivity index (χ2v) is 7.26. The minimum atomic E-state index is -1.02. The van der Waals surface area contributed by atoms with E-state index in [2.05, 4.69) is 10.6 Å². The topological polar surface area (TPSA) is 125 Å². The van der Waals surface area contributed by atoms with E-state index in [4.69, 9.17) is 4.74 Å². The number of anilines is 2. The van der Waals surface area contributed by atoms with Crippen molar-refractivity contribution in [2.24, 2.45) is 0 Å². The van der Waals surface area contributed by atoms with Gasteiger partial charge in [-0.3, -0.25) is 24.1 Å². The van der Waals surface area contributed by atoms with Gasteiger partial charge in [0.25, 0.3) is 5.91 Å². The summed E-state index contributed by atoms with van der Waals surface area (Å²) in [7, 11) is 1.50. The lowest BCUT2D eigenvalue weighted by Crippen LogP contribution is -2.39. The fraction of sp³-hybridized carbons (Fsp3) is 0.261. The van der Waals surface area contributed by atoms with E-state index in [1.807, 2.05) is 6.92 Å². The van der Waals surface area contributed by atoms with Crippen LogP contribution in [0, 0.1) is 0 Å². The summed E-state index contributed by atoms with van der Waals surface area (Å²) in [5.74, 6) is -2.43. The van der Waals surface area contributed by atoms with Gasteiger partial charge in [0.1, 0.15) is 12.3 Å². The van der Waals surface area contributed by atoms with E-state index in [1.54, 1.807) is 24.3 Å². The quantitative estimate of drug-likeness (QED) is 0.445. The maximum absolute atomic E-state index is 12.5. The Morgan fingerprint density at radius 1 is 0.909 bits per heavy atom. The summed E-state index contributed by atoms with van der Waals surface area (Å²) in [6.07, 6.45) is 1.32. The molecular formula is C23H24N4O6. The Morgan fingerprint density at radius 3 is 2.24 bits per heavy atom. The summed E-state index contributed by atoms with van der Waals surface area (Å²) in [5, 5.41) is 5.30. The van der Waals surface area contributed by atoms with Crippen molar-refractivity contribution in [3.05, 3.63) is 54.1 Å². The van der Waals surface area contributed by atoms with E-state index < -0.39 is 30.3 Å². The minimum absolute atomic E-state index is 0.135. The van der Waals surface area contributed by atoms with Gasteiger partial charge in [-0.25, -0.2) is 9.69 Å². The van der Waals surface area contributed by atoms with Crippen molar-refractivity contribution in [1.29, 1.82) is 0 Å². The van der Waals surface area contributed by atoms with Crippen molar-refractivity contribution in [3.63, 3.8) is 0 Å². The molecule has 0 atom stereocenters. The highest BCUT2D eigenvalue weighted by Crippen LogP contribution is 2.24. The van der Waals surface area contributed by atoms with Crippen LogP contribution in [0.15, 0.2) is 48.5 Å². The molecule has 1 aliphatic rings. The Morgan fingerprint density at radius 2 is 1.58 bits per heavy atom. The number of nitrogens with one attached hydrogen (secondary N) is 2. The van der Waals surface area contributed by atoms with Crippen molar-refractivity contribution >= 4 is 41.0 Å². The molecule has 1 heterocycles. The van der Waals surface area contributed by atoms with Gasteiger partial charge in [0.15, 0.2) is 0 Å². The van der Waals surface area contributed by atoms with E-state index in [1.165, 1.54) is 31.4 Å². The maximum atomic E-state index is 12.5. The summed E-state index contributed by atoms with van der Waals surface area (Å²) in [4.78, 5) is 62.7. The molecule has 0 spiro atoms. The van der Waals surface area contributed by atoms with Gasteiger partial charge < -0.3 is 15.4 Å². The fourth-order valence-electron chi connectivity index (χ4n) is 3.19. The van der Waals surface area contributed by atoms with Gasteiger partial charge in [0, 0.05) is 17.8 Å². The van der Waals surface area contributed by atoms with Crippen LogP contribution in [0.4, 0.5) is 16.2 Å². The zero-order chi connectivity index (χ0) is 24.0. The fourth-order valence-corrected chi connectivity index (χ4v) is 3.19. The second kappa shape index (κ2) is 10.4. The van der Waals surface area contributed by atoms with Crippen molar-refractivity contribution in [3.8, 4) is 5.75 Å². The third kappa shape index (κ3) is 5.35. The van der Waals surface area contributed by atoms with Gasteiger partial charge in [0.2, 0.25) is 5.91 Å². The van der Waals surface area contributed by atoms with Gasteiger partial charge in [-0.2, -0.15) is 0 Å². The van der Waals surface area contributed by atoms with Gasteiger partial charge >= 0.3 is 17.8 Å². The number of hydrogen-bond donors (Lipinski definition) is 2. The standard InChI is InChI=1S/C23H24N4O6/c1-3-4-13-26-21(30)22(31)27(23(26)32)14-19(28)24-16-11-9-15(10-12-16)20(29)25-17-7-5-6-8-18(17)33-2/h5-12H,3-4,13-14H2,1-2H3,(H,24,28)(H,25,29).